The molecule has 3 rings (SSSR count). The maximum atomic E-state index is 5.63. The standard InChI is InChI=1S/C14H16N2O2/c1-14(17-7-8-18-14)9-12-13(16-10-15-12)11-5-3-2-4-6-11/h2-6,10H,7-9H2,1H3,(H,15,16). The van der Waals surface area contributed by atoms with Gasteiger partial charge in [0.1, 0.15) is 0 Å². The summed E-state index contributed by atoms with van der Waals surface area (Å²) in [4.78, 5) is 7.58. The molecule has 1 aliphatic heterocycles. The van der Waals surface area contributed by atoms with Crippen LogP contribution in [0.3, 0.4) is 0 Å². The van der Waals surface area contributed by atoms with Crippen molar-refractivity contribution in [2.24, 2.45) is 0 Å². The van der Waals surface area contributed by atoms with Gasteiger partial charge in [0.2, 0.25) is 0 Å². The number of aromatic amines is 1. The summed E-state index contributed by atoms with van der Waals surface area (Å²) < 4.78 is 11.3. The van der Waals surface area contributed by atoms with Gasteiger partial charge in [-0.25, -0.2) is 4.98 Å². The summed E-state index contributed by atoms with van der Waals surface area (Å²) in [6, 6.07) is 10.1. The first-order valence-corrected chi connectivity index (χ1v) is 6.12. The van der Waals surface area contributed by atoms with Gasteiger partial charge in [0, 0.05) is 17.7 Å². The highest BCUT2D eigenvalue weighted by molar-refractivity contribution is 5.61. The second-order valence-electron chi connectivity index (χ2n) is 4.60. The van der Waals surface area contributed by atoms with Crippen LogP contribution in [0.4, 0.5) is 0 Å². The van der Waals surface area contributed by atoms with Gasteiger partial charge in [-0.1, -0.05) is 30.3 Å². The Morgan fingerprint density at radius 2 is 1.94 bits per heavy atom. The molecular formula is C14H16N2O2. The molecule has 0 spiro atoms. The predicted molar refractivity (Wildman–Crippen MR) is 68.0 cm³/mol. The molecule has 4 heteroatoms. The van der Waals surface area contributed by atoms with Crippen LogP contribution in [-0.2, 0) is 15.9 Å². The fourth-order valence-corrected chi connectivity index (χ4v) is 2.28. The quantitative estimate of drug-likeness (QED) is 0.901. The molecule has 1 N–H and O–H groups in total. The van der Waals surface area contributed by atoms with Crippen LogP contribution in [0, 0.1) is 0 Å². The van der Waals surface area contributed by atoms with Gasteiger partial charge in [-0.2, -0.15) is 0 Å². The molecule has 1 aromatic carbocycles. The number of benzene rings is 1. The van der Waals surface area contributed by atoms with Crippen molar-refractivity contribution in [1.29, 1.82) is 0 Å². The number of nitrogens with one attached hydrogen (secondary N) is 1. The van der Waals surface area contributed by atoms with Crippen molar-refractivity contribution in [3.05, 3.63) is 42.4 Å². The van der Waals surface area contributed by atoms with Crippen molar-refractivity contribution >= 4 is 0 Å². The van der Waals surface area contributed by atoms with Crippen LogP contribution in [0.2, 0.25) is 0 Å². The molecule has 2 aromatic rings. The lowest BCUT2D eigenvalue weighted by atomic mass is 10.1. The second kappa shape index (κ2) is 4.55. The van der Waals surface area contributed by atoms with Crippen LogP contribution in [0.25, 0.3) is 11.3 Å². The van der Waals surface area contributed by atoms with Crippen LogP contribution in [0.5, 0.6) is 0 Å². The van der Waals surface area contributed by atoms with Crippen LogP contribution in [-0.4, -0.2) is 29.0 Å². The molecule has 1 aromatic heterocycles. The van der Waals surface area contributed by atoms with E-state index in [2.05, 4.69) is 22.1 Å². The molecule has 0 aliphatic carbocycles. The van der Waals surface area contributed by atoms with E-state index in [0.29, 0.717) is 19.6 Å². The highest BCUT2D eigenvalue weighted by Crippen LogP contribution is 2.27. The zero-order valence-electron chi connectivity index (χ0n) is 10.3. The maximum Gasteiger partial charge on any atom is 0.171 e. The largest absolute Gasteiger partial charge is 0.348 e. The number of hydrogen-bond donors (Lipinski definition) is 1. The van der Waals surface area contributed by atoms with E-state index < -0.39 is 5.79 Å². The second-order valence-corrected chi connectivity index (χ2v) is 4.60. The Morgan fingerprint density at radius 1 is 1.22 bits per heavy atom. The highest BCUT2D eigenvalue weighted by Gasteiger charge is 2.32. The van der Waals surface area contributed by atoms with Crippen molar-refractivity contribution in [1.82, 2.24) is 9.97 Å². The van der Waals surface area contributed by atoms with E-state index in [1.54, 1.807) is 6.33 Å². The zero-order chi connectivity index (χ0) is 12.4. The summed E-state index contributed by atoms with van der Waals surface area (Å²) in [6.07, 6.45) is 2.40. The third-order valence-corrected chi connectivity index (χ3v) is 3.16. The minimum absolute atomic E-state index is 0.532. The molecule has 0 atom stereocenters. The summed E-state index contributed by atoms with van der Waals surface area (Å²) in [5, 5.41) is 0. The van der Waals surface area contributed by atoms with E-state index in [1.807, 2.05) is 25.1 Å². The molecule has 0 radical (unpaired) electrons. The molecule has 1 fully saturated rings. The van der Waals surface area contributed by atoms with Gasteiger partial charge in [0.25, 0.3) is 0 Å². The van der Waals surface area contributed by atoms with E-state index in [9.17, 15) is 0 Å². The van der Waals surface area contributed by atoms with Crippen molar-refractivity contribution in [2.45, 2.75) is 19.1 Å². The molecule has 94 valence electrons. The molecule has 0 amide bonds. The van der Waals surface area contributed by atoms with Crippen LogP contribution in [0.1, 0.15) is 12.6 Å². The average Bonchev–Trinajstić information content (AvgIpc) is 3.00. The molecule has 2 heterocycles. The van der Waals surface area contributed by atoms with Gasteiger partial charge in [0.15, 0.2) is 5.79 Å². The lowest BCUT2D eigenvalue weighted by Gasteiger charge is -2.21. The minimum Gasteiger partial charge on any atom is -0.348 e. The number of nitrogens with zero attached hydrogens (tertiary/aromatic N) is 1. The summed E-state index contributed by atoms with van der Waals surface area (Å²) in [5.41, 5.74) is 3.12. The Morgan fingerprint density at radius 3 is 2.67 bits per heavy atom. The Labute approximate surface area is 106 Å². The lowest BCUT2D eigenvalue weighted by Crippen LogP contribution is -2.28. The van der Waals surface area contributed by atoms with Crippen LogP contribution < -0.4 is 0 Å². The third-order valence-electron chi connectivity index (χ3n) is 3.16. The summed E-state index contributed by atoms with van der Waals surface area (Å²) in [6.45, 7) is 3.28. The van der Waals surface area contributed by atoms with Crippen LogP contribution in [0.15, 0.2) is 36.7 Å². The average molecular weight is 244 g/mol. The fraction of sp³-hybridized carbons (Fsp3) is 0.357. The fourth-order valence-electron chi connectivity index (χ4n) is 2.28. The number of rotatable bonds is 3. The van der Waals surface area contributed by atoms with Gasteiger partial charge in [0.05, 0.1) is 25.2 Å². The number of H-pyrrole nitrogens is 1. The van der Waals surface area contributed by atoms with Gasteiger partial charge in [-0.3, -0.25) is 0 Å². The molecule has 0 saturated carbocycles. The molecule has 4 nitrogen and oxygen atoms in total. The highest BCUT2D eigenvalue weighted by atomic mass is 16.7. The number of imidazole rings is 1. The van der Waals surface area contributed by atoms with E-state index >= 15 is 0 Å². The van der Waals surface area contributed by atoms with Gasteiger partial charge in [-0.15, -0.1) is 0 Å². The monoisotopic (exact) mass is 244 g/mol. The first kappa shape index (κ1) is 11.4. The SMILES string of the molecule is CC1(Cc2[nH]cnc2-c2ccccc2)OCCO1. The van der Waals surface area contributed by atoms with Crippen molar-refractivity contribution < 1.29 is 9.47 Å². The van der Waals surface area contributed by atoms with E-state index in [-0.39, 0.29) is 0 Å². The topological polar surface area (TPSA) is 47.1 Å². The molecule has 0 bridgehead atoms. The number of hydrogen-bond acceptors (Lipinski definition) is 3. The number of aromatic nitrogens is 2. The normalized spacial score (nSPS) is 18.1. The van der Waals surface area contributed by atoms with Crippen LogP contribution >= 0.6 is 0 Å². The first-order valence-electron chi connectivity index (χ1n) is 6.12. The predicted octanol–water partition coefficient (Wildman–Crippen LogP) is 2.38. The Kier molecular flexibility index (Phi) is 2.89. The Balaban J connectivity index is 1.88. The molecule has 1 saturated heterocycles. The third kappa shape index (κ3) is 2.17. The van der Waals surface area contributed by atoms with Crippen molar-refractivity contribution in [2.75, 3.05) is 13.2 Å². The maximum absolute atomic E-state index is 5.63. The lowest BCUT2D eigenvalue weighted by molar-refractivity contribution is -0.140. The van der Waals surface area contributed by atoms with Crippen molar-refractivity contribution in [3.8, 4) is 11.3 Å². The minimum atomic E-state index is -0.532. The van der Waals surface area contributed by atoms with Gasteiger partial charge < -0.3 is 14.5 Å². The Bertz CT molecular complexity index is 516. The van der Waals surface area contributed by atoms with Crippen molar-refractivity contribution in [3.63, 3.8) is 0 Å². The summed E-state index contributed by atoms with van der Waals surface area (Å²) in [7, 11) is 0. The molecule has 18 heavy (non-hydrogen) atoms. The van der Waals surface area contributed by atoms with Gasteiger partial charge in [-0.05, 0) is 6.92 Å². The zero-order valence-corrected chi connectivity index (χ0v) is 10.3. The van der Waals surface area contributed by atoms with Gasteiger partial charge >= 0.3 is 0 Å². The molecule has 1 aliphatic rings. The molecular weight excluding hydrogens is 228 g/mol. The summed E-state index contributed by atoms with van der Waals surface area (Å²) >= 11 is 0. The van der Waals surface area contributed by atoms with E-state index in [1.165, 1.54) is 0 Å². The summed E-state index contributed by atoms with van der Waals surface area (Å²) in [5.74, 6) is -0.532. The van der Waals surface area contributed by atoms with E-state index in [0.717, 1.165) is 17.0 Å². The van der Waals surface area contributed by atoms with E-state index in [4.69, 9.17) is 9.47 Å². The number of ether oxygens (including phenoxy) is 2. The molecule has 0 unspecified atom stereocenters. The smallest absolute Gasteiger partial charge is 0.171 e. The first-order chi connectivity index (χ1) is 8.77. The Hall–Kier alpha value is -1.65.